The van der Waals surface area contributed by atoms with Crippen LogP contribution in [0.4, 0.5) is 0 Å². The van der Waals surface area contributed by atoms with Crippen molar-refractivity contribution in [3.8, 4) is 0 Å². The average molecular weight is 550 g/mol. The van der Waals surface area contributed by atoms with Crippen molar-refractivity contribution in [3.05, 3.63) is 36.4 Å². The number of unbranched alkanes of at least 4 members (excludes halogenated alkanes) is 1. The van der Waals surface area contributed by atoms with E-state index in [1.807, 2.05) is 0 Å². The van der Waals surface area contributed by atoms with Crippen LogP contribution in [0.3, 0.4) is 0 Å². The van der Waals surface area contributed by atoms with Crippen LogP contribution in [0, 0.1) is 0 Å². The van der Waals surface area contributed by atoms with E-state index in [2.05, 4.69) is 35.9 Å². The second kappa shape index (κ2) is 15.8. The lowest BCUT2D eigenvalue weighted by Gasteiger charge is -2.25. The van der Waals surface area contributed by atoms with Gasteiger partial charge in [0.05, 0.1) is 18.7 Å². The Balaban J connectivity index is 2.17. The summed E-state index contributed by atoms with van der Waals surface area (Å²) in [6, 6.07) is -4.80. The smallest absolute Gasteiger partial charge is 0.326 e. The van der Waals surface area contributed by atoms with Crippen LogP contribution in [0.5, 0.6) is 0 Å². The number of carboxylic acid groups (broad SMARTS) is 2. The van der Waals surface area contributed by atoms with Crippen LogP contribution in [0.25, 0.3) is 0 Å². The predicted molar refractivity (Wildman–Crippen MR) is 136 cm³/mol. The molecule has 0 spiro atoms. The minimum atomic E-state index is -1.31. The Morgan fingerprint density at radius 3 is 1.85 bits per heavy atom. The van der Waals surface area contributed by atoms with Gasteiger partial charge in [-0.25, -0.2) is 14.8 Å². The monoisotopic (exact) mass is 549 g/mol. The molecule has 0 saturated heterocycles. The first-order chi connectivity index (χ1) is 18.6. The van der Waals surface area contributed by atoms with E-state index in [1.165, 1.54) is 25.0 Å². The third-order valence-electron chi connectivity index (χ3n) is 5.79. The van der Waals surface area contributed by atoms with Crippen molar-refractivity contribution in [2.45, 2.75) is 69.1 Å². The Morgan fingerprint density at radius 2 is 1.33 bits per heavy atom. The molecule has 0 saturated carbocycles. The Kier molecular flexibility index (Phi) is 12.5. The SMILES string of the molecule is NCCCCC(NC(=O)C(N)CCC(=O)O)C(=O)NC(Cc1cnc[nH]1)C(=O)NC(Cc1cnc[nH]1)C(=O)O. The van der Waals surface area contributed by atoms with Crippen LogP contribution in [0.1, 0.15) is 43.5 Å². The molecule has 0 aliphatic carbocycles. The van der Waals surface area contributed by atoms with E-state index in [9.17, 15) is 29.1 Å². The number of H-pyrrole nitrogens is 2. The van der Waals surface area contributed by atoms with E-state index < -0.39 is 53.8 Å². The van der Waals surface area contributed by atoms with E-state index in [1.54, 1.807) is 0 Å². The van der Waals surface area contributed by atoms with Crippen molar-refractivity contribution in [1.82, 2.24) is 35.9 Å². The van der Waals surface area contributed by atoms with Crippen LogP contribution in [-0.2, 0) is 36.8 Å². The first-order valence-corrected chi connectivity index (χ1v) is 12.4. The number of nitrogens with zero attached hydrogens (tertiary/aromatic N) is 2. The molecule has 16 nitrogen and oxygen atoms in total. The number of carboxylic acids is 2. The first kappa shape index (κ1) is 30.9. The fraction of sp³-hybridized carbons (Fsp3) is 0.522. The van der Waals surface area contributed by atoms with Crippen molar-refractivity contribution in [2.24, 2.45) is 11.5 Å². The van der Waals surface area contributed by atoms with Crippen molar-refractivity contribution < 1.29 is 34.2 Å². The summed E-state index contributed by atoms with van der Waals surface area (Å²) in [5, 5.41) is 26.0. The normalized spacial score (nSPS) is 14.0. The molecule has 3 amide bonds. The Bertz CT molecular complexity index is 1080. The number of amides is 3. The minimum Gasteiger partial charge on any atom is -0.481 e. The van der Waals surface area contributed by atoms with Gasteiger partial charge in [-0.15, -0.1) is 0 Å². The van der Waals surface area contributed by atoms with Crippen LogP contribution in [-0.4, -0.2) is 90.5 Å². The summed E-state index contributed by atoms with van der Waals surface area (Å²) in [5.74, 6) is -4.59. The maximum atomic E-state index is 13.3. The van der Waals surface area contributed by atoms with Gasteiger partial charge in [-0.05, 0) is 32.2 Å². The largest absolute Gasteiger partial charge is 0.481 e. The highest BCUT2D eigenvalue weighted by atomic mass is 16.4. The maximum absolute atomic E-state index is 13.3. The van der Waals surface area contributed by atoms with Crippen LogP contribution in [0.2, 0.25) is 0 Å². The summed E-state index contributed by atoms with van der Waals surface area (Å²) in [5.41, 5.74) is 12.3. The van der Waals surface area contributed by atoms with Crippen LogP contribution < -0.4 is 27.4 Å². The molecule has 11 N–H and O–H groups in total. The van der Waals surface area contributed by atoms with Crippen molar-refractivity contribution in [1.29, 1.82) is 0 Å². The Hall–Kier alpha value is -4.31. The Morgan fingerprint density at radius 1 is 0.795 bits per heavy atom. The van der Waals surface area contributed by atoms with E-state index in [-0.39, 0.29) is 32.1 Å². The van der Waals surface area contributed by atoms with Gasteiger partial charge in [-0.2, -0.15) is 0 Å². The first-order valence-electron chi connectivity index (χ1n) is 12.4. The van der Waals surface area contributed by atoms with Gasteiger partial charge in [0.15, 0.2) is 0 Å². The van der Waals surface area contributed by atoms with E-state index in [0.717, 1.165) is 0 Å². The molecule has 4 unspecified atom stereocenters. The summed E-state index contributed by atoms with van der Waals surface area (Å²) in [6.07, 6.45) is 6.30. The second-order valence-corrected chi connectivity index (χ2v) is 8.91. The number of aliphatic carboxylic acids is 2. The van der Waals surface area contributed by atoms with E-state index >= 15 is 0 Å². The highest BCUT2D eigenvalue weighted by molar-refractivity contribution is 5.94. The standard InChI is InChI=1S/C23H35N9O7/c24-6-2-1-3-16(30-20(35)15(25)4-5-19(33)34)21(36)31-17(7-13-9-26-11-28-13)22(37)32-18(23(38)39)8-14-10-27-12-29-14/h9-12,15-18H,1-8,24-25H2,(H,26,28)(H,27,29)(H,30,35)(H,31,36)(H,32,37)(H,33,34)(H,38,39). The van der Waals surface area contributed by atoms with E-state index in [4.69, 9.17) is 16.6 Å². The van der Waals surface area contributed by atoms with Crippen molar-refractivity contribution in [2.75, 3.05) is 6.54 Å². The van der Waals surface area contributed by atoms with Crippen molar-refractivity contribution >= 4 is 29.7 Å². The van der Waals surface area contributed by atoms with Crippen LogP contribution >= 0.6 is 0 Å². The quantitative estimate of drug-likeness (QED) is 0.0898. The molecule has 2 heterocycles. The molecule has 2 rings (SSSR count). The average Bonchev–Trinajstić information content (AvgIpc) is 3.60. The lowest BCUT2D eigenvalue weighted by atomic mass is 10.0. The number of rotatable bonds is 18. The molecular formula is C23H35N9O7. The lowest BCUT2D eigenvalue weighted by molar-refractivity contribution is -0.142. The van der Waals surface area contributed by atoms with Gasteiger partial charge >= 0.3 is 11.9 Å². The summed E-state index contributed by atoms with van der Waals surface area (Å²) in [4.78, 5) is 74.9. The van der Waals surface area contributed by atoms with Crippen LogP contribution in [0.15, 0.2) is 25.0 Å². The molecule has 0 aromatic carbocycles. The molecule has 214 valence electrons. The van der Waals surface area contributed by atoms with Gasteiger partial charge in [0.25, 0.3) is 0 Å². The fourth-order valence-corrected chi connectivity index (χ4v) is 3.64. The fourth-order valence-electron chi connectivity index (χ4n) is 3.64. The molecule has 0 fully saturated rings. The van der Waals surface area contributed by atoms with Gasteiger partial charge in [0.1, 0.15) is 18.1 Å². The van der Waals surface area contributed by atoms with Gasteiger partial charge in [-0.1, -0.05) is 0 Å². The highest BCUT2D eigenvalue weighted by Gasteiger charge is 2.31. The summed E-state index contributed by atoms with van der Waals surface area (Å²) < 4.78 is 0. The number of nitrogens with one attached hydrogen (secondary N) is 5. The molecule has 0 aliphatic heterocycles. The zero-order valence-electron chi connectivity index (χ0n) is 21.3. The molecule has 0 bridgehead atoms. The number of carbonyl (C=O) groups is 5. The number of aromatic nitrogens is 4. The number of hydrogen-bond acceptors (Lipinski definition) is 9. The van der Waals surface area contributed by atoms with E-state index in [0.29, 0.717) is 30.8 Å². The third kappa shape index (κ3) is 10.9. The zero-order chi connectivity index (χ0) is 28.8. The third-order valence-corrected chi connectivity index (χ3v) is 5.79. The number of aromatic amines is 2. The van der Waals surface area contributed by atoms with Gasteiger partial charge in [0, 0.05) is 43.0 Å². The molecule has 2 aromatic rings. The molecular weight excluding hydrogens is 514 g/mol. The predicted octanol–water partition coefficient (Wildman–Crippen LogP) is -2.22. The number of nitrogens with two attached hydrogens (primary N) is 2. The molecule has 39 heavy (non-hydrogen) atoms. The minimum absolute atomic E-state index is 0.0461. The summed E-state index contributed by atoms with van der Waals surface area (Å²) >= 11 is 0. The Labute approximate surface area is 223 Å². The van der Waals surface area contributed by atoms with Gasteiger partial charge < -0.3 is 47.6 Å². The summed E-state index contributed by atoms with van der Waals surface area (Å²) in [7, 11) is 0. The molecule has 0 aliphatic rings. The number of imidazole rings is 2. The van der Waals surface area contributed by atoms with Gasteiger partial charge in [0.2, 0.25) is 17.7 Å². The molecule has 4 atom stereocenters. The molecule has 0 radical (unpaired) electrons. The molecule has 16 heteroatoms. The number of carbonyl (C=O) groups excluding carboxylic acids is 3. The molecule has 2 aromatic heterocycles. The van der Waals surface area contributed by atoms with Crippen molar-refractivity contribution in [3.63, 3.8) is 0 Å². The van der Waals surface area contributed by atoms with Gasteiger partial charge in [-0.3, -0.25) is 19.2 Å². The topological polar surface area (TPSA) is 271 Å². The second-order valence-electron chi connectivity index (χ2n) is 8.91. The maximum Gasteiger partial charge on any atom is 0.326 e. The lowest BCUT2D eigenvalue weighted by Crippen LogP contribution is -2.57. The highest BCUT2D eigenvalue weighted by Crippen LogP contribution is 2.07. The zero-order valence-corrected chi connectivity index (χ0v) is 21.3. The number of hydrogen-bond donors (Lipinski definition) is 9. The summed E-state index contributed by atoms with van der Waals surface area (Å²) in [6.45, 7) is 0.359.